The molecule has 0 amide bonds. The minimum atomic E-state index is -0.432. The van der Waals surface area contributed by atoms with E-state index in [1.165, 1.54) is 7.11 Å². The fraction of sp³-hybridized carbons (Fsp3) is 0.533. The number of carbonyl (C=O) groups excluding carboxylic acids is 1. The molecule has 2 rings (SSSR count). The van der Waals surface area contributed by atoms with Crippen molar-refractivity contribution in [2.45, 2.75) is 19.8 Å². The summed E-state index contributed by atoms with van der Waals surface area (Å²) in [6, 6.07) is 4.90. The zero-order valence-corrected chi connectivity index (χ0v) is 11.3. The maximum atomic E-state index is 14.0. The van der Waals surface area contributed by atoms with Gasteiger partial charge in [0.2, 0.25) is 0 Å². The van der Waals surface area contributed by atoms with Gasteiger partial charge >= 0.3 is 0 Å². The standard InChI is InChI=1S/C15H19FO3/c1-10-9-19-7-6-12(10)13(17)8-11-4-3-5-14(18-2)15(11)16/h3-5,10,12H,6-9H2,1-2H3. The third kappa shape index (κ3) is 3.13. The van der Waals surface area contributed by atoms with Crippen LogP contribution in [0.25, 0.3) is 0 Å². The van der Waals surface area contributed by atoms with E-state index < -0.39 is 5.82 Å². The molecule has 4 heteroatoms. The van der Waals surface area contributed by atoms with Crippen LogP contribution in [0.15, 0.2) is 18.2 Å². The number of ketones is 1. The van der Waals surface area contributed by atoms with E-state index in [1.54, 1.807) is 18.2 Å². The summed E-state index contributed by atoms with van der Waals surface area (Å²) < 4.78 is 24.2. The number of methoxy groups -OCH3 is 1. The van der Waals surface area contributed by atoms with Gasteiger partial charge in [0.05, 0.1) is 7.11 Å². The van der Waals surface area contributed by atoms with E-state index in [1.807, 2.05) is 6.92 Å². The van der Waals surface area contributed by atoms with Crippen molar-refractivity contribution in [1.82, 2.24) is 0 Å². The summed E-state index contributed by atoms with van der Waals surface area (Å²) in [7, 11) is 1.42. The van der Waals surface area contributed by atoms with Crippen LogP contribution in [-0.2, 0) is 16.0 Å². The van der Waals surface area contributed by atoms with Gasteiger partial charge < -0.3 is 9.47 Å². The number of halogens is 1. The van der Waals surface area contributed by atoms with Crippen molar-refractivity contribution >= 4 is 5.78 Å². The summed E-state index contributed by atoms with van der Waals surface area (Å²) in [6.45, 7) is 3.22. The second kappa shape index (κ2) is 6.15. The molecule has 0 spiro atoms. The number of hydrogen-bond donors (Lipinski definition) is 0. The van der Waals surface area contributed by atoms with Crippen LogP contribution in [0, 0.1) is 17.7 Å². The Morgan fingerprint density at radius 3 is 3.00 bits per heavy atom. The number of Topliss-reactive ketones (excluding diaryl/α,β-unsaturated/α-hetero) is 1. The van der Waals surface area contributed by atoms with Gasteiger partial charge in [0, 0.05) is 25.6 Å². The van der Waals surface area contributed by atoms with Crippen molar-refractivity contribution in [2.75, 3.05) is 20.3 Å². The van der Waals surface area contributed by atoms with E-state index in [4.69, 9.17) is 9.47 Å². The minimum absolute atomic E-state index is 0.0284. The molecule has 104 valence electrons. The summed E-state index contributed by atoms with van der Waals surface area (Å²) in [5.74, 6) is 0.0145. The maximum absolute atomic E-state index is 14.0. The molecule has 1 heterocycles. The molecule has 0 bridgehead atoms. The van der Waals surface area contributed by atoms with Crippen molar-refractivity contribution in [3.63, 3.8) is 0 Å². The number of hydrogen-bond acceptors (Lipinski definition) is 3. The molecule has 19 heavy (non-hydrogen) atoms. The van der Waals surface area contributed by atoms with Crippen LogP contribution in [0.3, 0.4) is 0 Å². The molecular weight excluding hydrogens is 247 g/mol. The van der Waals surface area contributed by atoms with Gasteiger partial charge in [0.25, 0.3) is 0 Å². The summed E-state index contributed by atoms with van der Waals surface area (Å²) in [5.41, 5.74) is 0.406. The Balaban J connectivity index is 2.10. The van der Waals surface area contributed by atoms with E-state index in [0.29, 0.717) is 18.8 Å². The average molecular weight is 266 g/mol. The van der Waals surface area contributed by atoms with Crippen LogP contribution in [0.4, 0.5) is 4.39 Å². The normalized spacial score (nSPS) is 23.1. The van der Waals surface area contributed by atoms with Gasteiger partial charge in [-0.3, -0.25) is 4.79 Å². The molecule has 1 aliphatic heterocycles. The fourth-order valence-electron chi connectivity index (χ4n) is 2.53. The van der Waals surface area contributed by atoms with E-state index in [0.717, 1.165) is 6.42 Å². The van der Waals surface area contributed by atoms with Crippen LogP contribution in [0.1, 0.15) is 18.9 Å². The van der Waals surface area contributed by atoms with E-state index in [9.17, 15) is 9.18 Å². The summed E-state index contributed by atoms with van der Waals surface area (Å²) >= 11 is 0. The first kappa shape index (κ1) is 14.0. The van der Waals surface area contributed by atoms with E-state index in [-0.39, 0.29) is 29.8 Å². The zero-order chi connectivity index (χ0) is 13.8. The Kier molecular flexibility index (Phi) is 4.53. The highest BCUT2D eigenvalue weighted by Crippen LogP contribution is 2.26. The molecule has 1 aromatic rings. The molecule has 0 saturated carbocycles. The number of ether oxygens (including phenoxy) is 2. The van der Waals surface area contributed by atoms with Gasteiger partial charge in [-0.15, -0.1) is 0 Å². The molecule has 0 aromatic heterocycles. The molecule has 0 aliphatic carbocycles. The lowest BCUT2D eigenvalue weighted by Gasteiger charge is -2.27. The molecule has 1 aliphatic rings. The predicted molar refractivity (Wildman–Crippen MR) is 69.8 cm³/mol. The van der Waals surface area contributed by atoms with E-state index in [2.05, 4.69) is 0 Å². The lowest BCUT2D eigenvalue weighted by Crippen LogP contribution is -2.32. The molecule has 3 nitrogen and oxygen atoms in total. The Labute approximate surface area is 112 Å². The van der Waals surface area contributed by atoms with Gasteiger partial charge in [0.15, 0.2) is 11.6 Å². The largest absolute Gasteiger partial charge is 0.494 e. The molecule has 2 atom stereocenters. The van der Waals surface area contributed by atoms with Gasteiger partial charge in [-0.2, -0.15) is 0 Å². The summed E-state index contributed by atoms with van der Waals surface area (Å²) in [5, 5.41) is 0. The Morgan fingerprint density at radius 1 is 1.53 bits per heavy atom. The molecule has 1 saturated heterocycles. The first-order valence-corrected chi connectivity index (χ1v) is 6.55. The summed E-state index contributed by atoms with van der Waals surface area (Å²) in [6.07, 6.45) is 0.851. The van der Waals surface area contributed by atoms with Gasteiger partial charge in [-0.25, -0.2) is 4.39 Å². The quantitative estimate of drug-likeness (QED) is 0.840. The highest BCUT2D eigenvalue weighted by molar-refractivity contribution is 5.83. The topological polar surface area (TPSA) is 35.5 Å². The molecule has 0 radical (unpaired) electrons. The lowest BCUT2D eigenvalue weighted by atomic mass is 9.84. The average Bonchev–Trinajstić information content (AvgIpc) is 2.41. The van der Waals surface area contributed by atoms with Crippen molar-refractivity contribution in [3.05, 3.63) is 29.6 Å². The van der Waals surface area contributed by atoms with E-state index >= 15 is 0 Å². The second-order valence-electron chi connectivity index (χ2n) is 5.02. The van der Waals surface area contributed by atoms with Crippen LogP contribution in [0.5, 0.6) is 5.75 Å². The van der Waals surface area contributed by atoms with Crippen molar-refractivity contribution in [1.29, 1.82) is 0 Å². The number of carbonyl (C=O) groups is 1. The first-order valence-electron chi connectivity index (χ1n) is 6.55. The van der Waals surface area contributed by atoms with Crippen LogP contribution in [-0.4, -0.2) is 26.1 Å². The second-order valence-corrected chi connectivity index (χ2v) is 5.02. The van der Waals surface area contributed by atoms with Crippen LogP contribution < -0.4 is 4.74 Å². The third-order valence-corrected chi connectivity index (χ3v) is 3.68. The van der Waals surface area contributed by atoms with Crippen molar-refractivity contribution in [3.8, 4) is 5.75 Å². The molecule has 2 unspecified atom stereocenters. The molecule has 1 fully saturated rings. The Bertz CT molecular complexity index is 459. The Hall–Kier alpha value is -1.42. The molecule has 1 aromatic carbocycles. The molecule has 0 N–H and O–H groups in total. The fourth-order valence-corrected chi connectivity index (χ4v) is 2.53. The highest BCUT2D eigenvalue weighted by Gasteiger charge is 2.28. The van der Waals surface area contributed by atoms with Crippen LogP contribution in [0.2, 0.25) is 0 Å². The number of rotatable bonds is 4. The van der Waals surface area contributed by atoms with Gasteiger partial charge in [-0.05, 0) is 24.0 Å². The van der Waals surface area contributed by atoms with Crippen LogP contribution >= 0.6 is 0 Å². The Morgan fingerprint density at radius 2 is 2.32 bits per heavy atom. The van der Waals surface area contributed by atoms with Crippen molar-refractivity contribution in [2.24, 2.45) is 11.8 Å². The van der Waals surface area contributed by atoms with Gasteiger partial charge in [0.1, 0.15) is 5.78 Å². The molecular formula is C15H19FO3. The summed E-state index contributed by atoms with van der Waals surface area (Å²) in [4.78, 5) is 12.3. The maximum Gasteiger partial charge on any atom is 0.168 e. The van der Waals surface area contributed by atoms with Crippen molar-refractivity contribution < 1.29 is 18.7 Å². The highest BCUT2D eigenvalue weighted by atomic mass is 19.1. The monoisotopic (exact) mass is 266 g/mol. The SMILES string of the molecule is COc1cccc(CC(=O)C2CCOCC2C)c1F. The zero-order valence-electron chi connectivity index (χ0n) is 11.3. The first-order chi connectivity index (χ1) is 9.13. The minimum Gasteiger partial charge on any atom is -0.494 e. The third-order valence-electron chi connectivity index (χ3n) is 3.68. The van der Waals surface area contributed by atoms with Gasteiger partial charge in [-0.1, -0.05) is 19.1 Å². The number of benzene rings is 1. The lowest BCUT2D eigenvalue weighted by molar-refractivity contribution is -0.127. The predicted octanol–water partition coefficient (Wildman–Crippen LogP) is 2.62. The smallest absolute Gasteiger partial charge is 0.168 e.